The summed E-state index contributed by atoms with van der Waals surface area (Å²) in [6.45, 7) is 1.50. The molecule has 0 spiro atoms. The van der Waals surface area contributed by atoms with E-state index in [0.29, 0.717) is 12.1 Å². The van der Waals surface area contributed by atoms with E-state index in [1.54, 1.807) is 0 Å². The molecule has 1 amide bonds. The van der Waals surface area contributed by atoms with Crippen molar-refractivity contribution in [2.75, 3.05) is 26.7 Å². The normalized spacial score (nSPS) is 16.5. The predicted molar refractivity (Wildman–Crippen MR) is 112 cm³/mol. The highest BCUT2D eigenvalue weighted by Crippen LogP contribution is 2.36. The molecule has 0 bridgehead atoms. The van der Waals surface area contributed by atoms with Gasteiger partial charge in [-0.25, -0.2) is 0 Å². The van der Waals surface area contributed by atoms with Gasteiger partial charge in [-0.3, -0.25) is 9.69 Å². The van der Waals surface area contributed by atoms with Crippen LogP contribution < -0.4 is 0 Å². The molecule has 9 heteroatoms. The number of nitrogens with zero attached hydrogens (tertiary/aromatic N) is 2. The van der Waals surface area contributed by atoms with E-state index in [-0.39, 0.29) is 30.5 Å². The zero-order valence-electron chi connectivity index (χ0n) is 18.2. The van der Waals surface area contributed by atoms with E-state index in [2.05, 4.69) is 4.90 Å². The number of hydrogen-bond donors (Lipinski definition) is 0. The lowest BCUT2D eigenvalue weighted by molar-refractivity contribution is -0.143. The van der Waals surface area contributed by atoms with Gasteiger partial charge in [0.15, 0.2) is 0 Å². The number of benzene rings is 2. The predicted octanol–water partition coefficient (Wildman–Crippen LogP) is 5.95. The summed E-state index contributed by atoms with van der Waals surface area (Å²) in [6, 6.07) is 10.2. The van der Waals surface area contributed by atoms with Crippen molar-refractivity contribution in [2.45, 2.75) is 44.1 Å². The van der Waals surface area contributed by atoms with E-state index in [1.807, 2.05) is 30.3 Å². The average Bonchev–Trinajstić information content (AvgIpc) is 2.77. The molecule has 1 aliphatic rings. The topological polar surface area (TPSA) is 23.6 Å². The number of hydrogen-bond acceptors (Lipinski definition) is 2. The van der Waals surface area contributed by atoms with Crippen LogP contribution in [0.15, 0.2) is 48.5 Å². The second-order valence-electron chi connectivity index (χ2n) is 8.33. The van der Waals surface area contributed by atoms with Gasteiger partial charge in [0.25, 0.3) is 0 Å². The Kier molecular flexibility index (Phi) is 7.72. The van der Waals surface area contributed by atoms with Crippen molar-refractivity contribution in [3.05, 3.63) is 70.8 Å². The Morgan fingerprint density at radius 3 is 1.97 bits per heavy atom. The number of carbonyl (C=O) groups excluding carboxylic acids is 1. The lowest BCUT2D eigenvalue weighted by Gasteiger charge is -2.36. The van der Waals surface area contributed by atoms with Crippen LogP contribution >= 0.6 is 0 Å². The van der Waals surface area contributed by atoms with Gasteiger partial charge in [0.05, 0.1) is 11.1 Å². The third-order valence-electron chi connectivity index (χ3n) is 5.86. The van der Waals surface area contributed by atoms with Crippen LogP contribution in [0.25, 0.3) is 0 Å². The van der Waals surface area contributed by atoms with Gasteiger partial charge < -0.3 is 4.90 Å². The molecule has 3 nitrogen and oxygen atoms in total. The van der Waals surface area contributed by atoms with Crippen molar-refractivity contribution >= 4 is 5.91 Å². The molecule has 1 saturated heterocycles. The molecular formula is C24H26F6N2O. The Balaban J connectivity index is 1.79. The molecule has 33 heavy (non-hydrogen) atoms. The number of rotatable bonds is 6. The highest BCUT2D eigenvalue weighted by atomic mass is 19.4. The molecule has 1 aliphatic heterocycles. The van der Waals surface area contributed by atoms with E-state index >= 15 is 0 Å². The fourth-order valence-corrected chi connectivity index (χ4v) is 4.10. The lowest BCUT2D eigenvalue weighted by Crippen LogP contribution is -2.44. The summed E-state index contributed by atoms with van der Waals surface area (Å²) in [5.41, 5.74) is -2.01. The second-order valence-corrected chi connectivity index (χ2v) is 8.33. The number of piperidine rings is 1. The molecule has 0 saturated carbocycles. The van der Waals surface area contributed by atoms with Crippen LogP contribution in [0.4, 0.5) is 26.3 Å². The minimum absolute atomic E-state index is 0.00534. The minimum atomic E-state index is -4.90. The summed E-state index contributed by atoms with van der Waals surface area (Å²) >= 11 is 0. The summed E-state index contributed by atoms with van der Waals surface area (Å²) in [5, 5.41) is 0. The van der Waals surface area contributed by atoms with Crippen molar-refractivity contribution in [1.29, 1.82) is 0 Å². The quantitative estimate of drug-likeness (QED) is 0.485. The van der Waals surface area contributed by atoms with Crippen molar-refractivity contribution in [1.82, 2.24) is 9.80 Å². The van der Waals surface area contributed by atoms with Crippen LogP contribution in [-0.4, -0.2) is 42.4 Å². The van der Waals surface area contributed by atoms with Gasteiger partial charge in [0, 0.05) is 13.6 Å². The Morgan fingerprint density at radius 2 is 1.45 bits per heavy atom. The molecule has 1 atom stereocenters. The van der Waals surface area contributed by atoms with Crippen molar-refractivity contribution in [3.8, 4) is 0 Å². The molecule has 2 aromatic rings. The first-order valence-electron chi connectivity index (χ1n) is 10.8. The van der Waals surface area contributed by atoms with Gasteiger partial charge in [-0.2, -0.15) is 26.3 Å². The Morgan fingerprint density at radius 1 is 0.909 bits per heavy atom. The van der Waals surface area contributed by atoms with E-state index in [4.69, 9.17) is 0 Å². The Labute approximate surface area is 189 Å². The molecule has 0 N–H and O–H groups in total. The van der Waals surface area contributed by atoms with E-state index in [0.717, 1.165) is 37.9 Å². The highest BCUT2D eigenvalue weighted by Gasteiger charge is 2.37. The van der Waals surface area contributed by atoms with Crippen LogP contribution in [0.5, 0.6) is 0 Å². The monoisotopic (exact) mass is 472 g/mol. The van der Waals surface area contributed by atoms with Gasteiger partial charge in [-0.05, 0) is 61.7 Å². The zero-order valence-corrected chi connectivity index (χ0v) is 18.2. The van der Waals surface area contributed by atoms with Gasteiger partial charge >= 0.3 is 12.4 Å². The summed E-state index contributed by atoms with van der Waals surface area (Å²) in [5.74, 6) is -0.230. The third-order valence-corrected chi connectivity index (χ3v) is 5.86. The largest absolute Gasteiger partial charge is 0.416 e. The lowest BCUT2D eigenvalue weighted by atomic mass is 9.99. The fourth-order valence-electron chi connectivity index (χ4n) is 4.10. The molecule has 2 aromatic carbocycles. The summed E-state index contributed by atoms with van der Waals surface area (Å²) in [7, 11) is 1.53. The molecular weight excluding hydrogens is 446 g/mol. The minimum Gasteiger partial charge on any atom is -0.344 e. The van der Waals surface area contributed by atoms with Crippen molar-refractivity contribution in [2.24, 2.45) is 0 Å². The first kappa shape index (κ1) is 25.1. The molecule has 1 unspecified atom stereocenters. The molecule has 1 heterocycles. The molecule has 1 fully saturated rings. The first-order valence-corrected chi connectivity index (χ1v) is 10.8. The van der Waals surface area contributed by atoms with Crippen LogP contribution in [0.3, 0.4) is 0 Å². The maximum atomic E-state index is 13.3. The standard InChI is InChI=1S/C24H26F6N2O/c1-31(13-10-17-14-19(23(25,26)27)16-20(15-17)24(28,29)30)22(33)21(18-8-4-2-5-9-18)32-11-6-3-7-12-32/h2,4-5,8-9,14-16,21H,3,6-7,10-13H2,1H3. The maximum absolute atomic E-state index is 13.3. The van der Waals surface area contributed by atoms with Crippen LogP contribution in [0, 0.1) is 0 Å². The van der Waals surface area contributed by atoms with E-state index < -0.39 is 29.5 Å². The Hall–Kier alpha value is -2.55. The molecule has 180 valence electrons. The molecule has 3 rings (SSSR count). The summed E-state index contributed by atoms with van der Waals surface area (Å²) in [6.07, 6.45) is -6.92. The van der Waals surface area contributed by atoms with Crippen LogP contribution in [0.2, 0.25) is 0 Å². The van der Waals surface area contributed by atoms with Crippen LogP contribution in [-0.2, 0) is 23.6 Å². The zero-order chi connectivity index (χ0) is 24.2. The van der Waals surface area contributed by atoms with Gasteiger partial charge in [0.1, 0.15) is 6.04 Å². The number of carbonyl (C=O) groups is 1. The number of likely N-dealkylation sites (tertiary alicyclic amines) is 1. The van der Waals surface area contributed by atoms with Gasteiger partial charge in [-0.1, -0.05) is 36.8 Å². The molecule has 0 aromatic heterocycles. The Bertz CT molecular complexity index is 904. The van der Waals surface area contributed by atoms with Gasteiger partial charge in [-0.15, -0.1) is 0 Å². The van der Waals surface area contributed by atoms with E-state index in [9.17, 15) is 31.1 Å². The smallest absolute Gasteiger partial charge is 0.344 e. The third kappa shape index (κ3) is 6.50. The number of halogens is 6. The average molecular weight is 472 g/mol. The molecule has 0 aliphatic carbocycles. The fraction of sp³-hybridized carbons (Fsp3) is 0.458. The maximum Gasteiger partial charge on any atom is 0.416 e. The molecule has 0 radical (unpaired) electrons. The highest BCUT2D eigenvalue weighted by molar-refractivity contribution is 5.83. The second kappa shape index (κ2) is 10.2. The summed E-state index contributed by atoms with van der Waals surface area (Å²) in [4.78, 5) is 16.8. The number of amides is 1. The van der Waals surface area contributed by atoms with E-state index in [1.165, 1.54) is 11.9 Å². The SMILES string of the molecule is CN(CCc1cc(C(F)(F)F)cc(C(F)(F)F)c1)C(=O)C(c1ccccc1)N1CCCCC1. The van der Waals surface area contributed by atoms with Crippen LogP contribution in [0.1, 0.15) is 47.6 Å². The van der Waals surface area contributed by atoms with Gasteiger partial charge in [0.2, 0.25) is 5.91 Å². The number of alkyl halides is 6. The van der Waals surface area contributed by atoms with Crippen molar-refractivity contribution in [3.63, 3.8) is 0 Å². The first-order chi connectivity index (χ1) is 15.5. The van der Waals surface area contributed by atoms with Crippen molar-refractivity contribution < 1.29 is 31.1 Å². The summed E-state index contributed by atoms with van der Waals surface area (Å²) < 4.78 is 78.8. The number of likely N-dealkylation sites (N-methyl/N-ethyl adjacent to an activating group) is 1.